The topological polar surface area (TPSA) is 86.4 Å². The van der Waals surface area contributed by atoms with Gasteiger partial charge in [-0.25, -0.2) is 4.98 Å². The molecule has 2 aliphatic heterocycles. The molecule has 1 amide bonds. The second-order valence-electron chi connectivity index (χ2n) is 5.82. The molecule has 1 aromatic rings. The number of hydrogen-bond donors (Lipinski definition) is 2. The summed E-state index contributed by atoms with van der Waals surface area (Å²) in [7, 11) is 0. The van der Waals surface area contributed by atoms with E-state index in [2.05, 4.69) is 25.4 Å². The fraction of sp³-hybridized carbons (Fsp3) is 0.786. The maximum Gasteiger partial charge on any atom is 0.223 e. The Bertz CT molecular complexity index is 509. The van der Waals surface area contributed by atoms with E-state index < -0.39 is 0 Å². The highest BCUT2D eigenvalue weighted by atomic mass is 35.5. The number of morpholine rings is 1. The average Bonchev–Trinajstić information content (AvgIpc) is 3.00. The van der Waals surface area contributed by atoms with Crippen molar-refractivity contribution in [2.24, 2.45) is 0 Å². The number of carbonyl (C=O) groups is 1. The van der Waals surface area contributed by atoms with Gasteiger partial charge < -0.3 is 15.0 Å². The van der Waals surface area contributed by atoms with E-state index in [1.165, 1.54) is 0 Å². The van der Waals surface area contributed by atoms with E-state index in [0.717, 1.165) is 51.6 Å². The van der Waals surface area contributed by atoms with Crippen LogP contribution in [-0.2, 0) is 9.53 Å². The minimum atomic E-state index is -0.104. The minimum absolute atomic E-state index is 0. The molecule has 24 heavy (non-hydrogen) atoms. The van der Waals surface area contributed by atoms with Gasteiger partial charge in [0.25, 0.3) is 0 Å². The fourth-order valence-corrected chi connectivity index (χ4v) is 2.89. The molecule has 2 N–H and O–H groups in total. The predicted molar refractivity (Wildman–Crippen MR) is 94.8 cm³/mol. The van der Waals surface area contributed by atoms with Crippen molar-refractivity contribution >= 4 is 30.7 Å². The normalized spacial score (nSPS) is 21.7. The van der Waals surface area contributed by atoms with E-state index in [1.807, 2.05) is 11.8 Å². The van der Waals surface area contributed by atoms with Crippen molar-refractivity contribution in [2.45, 2.75) is 19.4 Å². The smallest absolute Gasteiger partial charge is 0.223 e. The standard InChI is InChI=1S/C14H24N6O2.2ClH/c1-11-16-14(18-17-11)12-10-19(8-9-22-12)5-2-13(21)20-6-3-15-4-7-20;;/h12,15H,2-10H2,1H3,(H,16,17,18);2*1H. The Morgan fingerprint density at radius 1 is 1.29 bits per heavy atom. The van der Waals surface area contributed by atoms with Crippen LogP contribution in [0, 0.1) is 6.92 Å². The van der Waals surface area contributed by atoms with Crippen molar-refractivity contribution in [3.63, 3.8) is 0 Å². The molecule has 3 heterocycles. The van der Waals surface area contributed by atoms with Gasteiger partial charge in [-0.3, -0.25) is 14.8 Å². The lowest BCUT2D eigenvalue weighted by Crippen LogP contribution is -2.47. The number of halogens is 2. The number of rotatable bonds is 4. The molecule has 1 atom stereocenters. The molecule has 0 aromatic carbocycles. The number of H-pyrrole nitrogens is 1. The average molecular weight is 381 g/mol. The molecule has 2 fully saturated rings. The van der Waals surface area contributed by atoms with Crippen LogP contribution in [0.1, 0.15) is 24.2 Å². The SMILES string of the molecule is Cc1nc(C2CN(CCC(=O)N3CCNCC3)CCO2)n[nH]1.Cl.Cl. The van der Waals surface area contributed by atoms with E-state index in [1.54, 1.807) is 0 Å². The number of aromatic nitrogens is 3. The predicted octanol–water partition coefficient (Wildman–Crippen LogP) is 0.152. The van der Waals surface area contributed by atoms with Crippen LogP contribution >= 0.6 is 24.8 Å². The van der Waals surface area contributed by atoms with Crippen molar-refractivity contribution in [1.29, 1.82) is 0 Å². The molecule has 2 aliphatic rings. The molecule has 0 aliphatic carbocycles. The van der Waals surface area contributed by atoms with Crippen molar-refractivity contribution in [3.8, 4) is 0 Å². The van der Waals surface area contributed by atoms with Crippen molar-refractivity contribution in [3.05, 3.63) is 11.6 Å². The zero-order valence-electron chi connectivity index (χ0n) is 13.9. The number of piperazine rings is 1. The first-order chi connectivity index (χ1) is 10.7. The zero-order chi connectivity index (χ0) is 15.4. The van der Waals surface area contributed by atoms with Crippen LogP contribution < -0.4 is 5.32 Å². The Morgan fingerprint density at radius 3 is 2.71 bits per heavy atom. The van der Waals surface area contributed by atoms with Gasteiger partial charge in [0.15, 0.2) is 5.82 Å². The minimum Gasteiger partial charge on any atom is -0.367 e. The number of nitrogens with one attached hydrogen (secondary N) is 2. The highest BCUT2D eigenvalue weighted by Crippen LogP contribution is 2.19. The largest absolute Gasteiger partial charge is 0.367 e. The fourth-order valence-electron chi connectivity index (χ4n) is 2.89. The summed E-state index contributed by atoms with van der Waals surface area (Å²) in [5, 5.41) is 10.3. The van der Waals surface area contributed by atoms with Gasteiger partial charge in [0, 0.05) is 52.2 Å². The molecule has 0 spiro atoms. The first-order valence-corrected chi connectivity index (χ1v) is 7.94. The van der Waals surface area contributed by atoms with Crippen LogP contribution in [0.2, 0.25) is 0 Å². The molecule has 2 saturated heterocycles. The second-order valence-corrected chi connectivity index (χ2v) is 5.82. The highest BCUT2D eigenvalue weighted by molar-refractivity contribution is 5.85. The molecule has 10 heteroatoms. The van der Waals surface area contributed by atoms with Gasteiger partial charge in [-0.05, 0) is 6.92 Å². The highest BCUT2D eigenvalue weighted by Gasteiger charge is 2.26. The van der Waals surface area contributed by atoms with E-state index >= 15 is 0 Å². The van der Waals surface area contributed by atoms with Gasteiger partial charge in [0.2, 0.25) is 5.91 Å². The van der Waals surface area contributed by atoms with E-state index in [-0.39, 0.29) is 36.8 Å². The quantitative estimate of drug-likeness (QED) is 0.773. The summed E-state index contributed by atoms with van der Waals surface area (Å²) in [5.74, 6) is 1.75. The van der Waals surface area contributed by atoms with E-state index in [0.29, 0.717) is 18.9 Å². The number of carbonyl (C=O) groups excluding carboxylic acids is 1. The summed E-state index contributed by atoms with van der Waals surface area (Å²) in [4.78, 5) is 20.8. The Morgan fingerprint density at radius 2 is 2.04 bits per heavy atom. The number of hydrogen-bond acceptors (Lipinski definition) is 6. The van der Waals surface area contributed by atoms with Crippen LogP contribution in [0.15, 0.2) is 0 Å². The van der Waals surface area contributed by atoms with E-state index in [4.69, 9.17) is 4.74 Å². The Hall–Kier alpha value is -0.930. The third-order valence-corrected chi connectivity index (χ3v) is 4.16. The van der Waals surface area contributed by atoms with Gasteiger partial charge in [-0.2, -0.15) is 5.10 Å². The number of amides is 1. The van der Waals surface area contributed by atoms with Crippen LogP contribution in [0.5, 0.6) is 0 Å². The van der Waals surface area contributed by atoms with Crippen molar-refractivity contribution in [1.82, 2.24) is 30.3 Å². The van der Waals surface area contributed by atoms with Crippen LogP contribution in [0.3, 0.4) is 0 Å². The Balaban J connectivity index is 0.00000144. The summed E-state index contributed by atoms with van der Waals surface area (Å²) in [6, 6.07) is 0. The first kappa shape index (κ1) is 21.1. The summed E-state index contributed by atoms with van der Waals surface area (Å²) < 4.78 is 5.74. The molecule has 1 aromatic heterocycles. The van der Waals surface area contributed by atoms with E-state index in [9.17, 15) is 4.79 Å². The second kappa shape index (κ2) is 10.1. The zero-order valence-corrected chi connectivity index (χ0v) is 15.5. The lowest BCUT2D eigenvalue weighted by Gasteiger charge is -2.32. The van der Waals surface area contributed by atoms with Crippen molar-refractivity contribution < 1.29 is 9.53 Å². The molecule has 1 unspecified atom stereocenters. The van der Waals surface area contributed by atoms with Gasteiger partial charge in [0.05, 0.1) is 6.61 Å². The number of aryl methyl sites for hydroxylation is 1. The number of ether oxygens (including phenoxy) is 1. The van der Waals surface area contributed by atoms with Crippen LogP contribution in [-0.4, -0.2) is 83.3 Å². The maximum absolute atomic E-state index is 12.2. The summed E-state index contributed by atoms with van der Waals surface area (Å²) in [6.07, 6.45) is 0.465. The molecule has 0 bridgehead atoms. The third-order valence-electron chi connectivity index (χ3n) is 4.16. The molecular weight excluding hydrogens is 355 g/mol. The number of aromatic amines is 1. The Labute approximate surface area is 154 Å². The monoisotopic (exact) mass is 380 g/mol. The van der Waals surface area contributed by atoms with Gasteiger partial charge in [0.1, 0.15) is 11.9 Å². The molecular formula is C14H26Cl2N6O2. The van der Waals surface area contributed by atoms with Gasteiger partial charge in [-0.1, -0.05) is 0 Å². The lowest BCUT2D eigenvalue weighted by atomic mass is 10.2. The molecule has 3 rings (SSSR count). The van der Waals surface area contributed by atoms with Crippen molar-refractivity contribution in [2.75, 3.05) is 52.4 Å². The summed E-state index contributed by atoms with van der Waals surface area (Å²) in [6.45, 7) is 8.34. The number of nitrogens with zero attached hydrogens (tertiary/aromatic N) is 4. The summed E-state index contributed by atoms with van der Waals surface area (Å²) in [5.41, 5.74) is 0. The molecule has 138 valence electrons. The summed E-state index contributed by atoms with van der Waals surface area (Å²) >= 11 is 0. The van der Waals surface area contributed by atoms with Gasteiger partial charge >= 0.3 is 0 Å². The van der Waals surface area contributed by atoms with Crippen LogP contribution in [0.25, 0.3) is 0 Å². The molecule has 8 nitrogen and oxygen atoms in total. The first-order valence-electron chi connectivity index (χ1n) is 7.94. The Kier molecular flexibility index (Phi) is 8.93. The molecule has 0 radical (unpaired) electrons. The van der Waals surface area contributed by atoms with Crippen LogP contribution in [0.4, 0.5) is 0 Å². The third kappa shape index (κ3) is 5.56. The lowest BCUT2D eigenvalue weighted by molar-refractivity contribution is -0.132. The van der Waals surface area contributed by atoms with Gasteiger partial charge in [-0.15, -0.1) is 24.8 Å². The maximum atomic E-state index is 12.2. The molecule has 0 saturated carbocycles.